The zero-order chi connectivity index (χ0) is 11.7. The molecule has 0 unspecified atom stereocenters. The number of hydrogen-bond acceptors (Lipinski definition) is 3. The average Bonchev–Trinajstić information content (AvgIpc) is 2.35. The summed E-state index contributed by atoms with van der Waals surface area (Å²) in [6, 6.07) is 7.06. The molecule has 0 saturated carbocycles. The van der Waals surface area contributed by atoms with E-state index in [1.54, 1.807) is 18.3 Å². The minimum atomic E-state index is 0.176. The van der Waals surface area contributed by atoms with Gasteiger partial charge >= 0.3 is 0 Å². The Hall–Kier alpha value is -1.64. The standard InChI is InChI=1S/C8H6N2O.2C2H6/c11-7-3-1-2-6-4-5-9-10-8(6)7;2*1-2/h1-5,11H;2*1-2H3. The highest BCUT2D eigenvalue weighted by Gasteiger charge is 1.97. The van der Waals surface area contributed by atoms with Gasteiger partial charge in [0.15, 0.2) is 0 Å². The van der Waals surface area contributed by atoms with Gasteiger partial charge in [-0.25, -0.2) is 0 Å². The lowest BCUT2D eigenvalue weighted by atomic mass is 10.2. The number of aromatic nitrogens is 2. The van der Waals surface area contributed by atoms with Crippen LogP contribution in [0.1, 0.15) is 27.7 Å². The molecule has 82 valence electrons. The van der Waals surface area contributed by atoms with Gasteiger partial charge in [-0.2, -0.15) is 5.10 Å². The van der Waals surface area contributed by atoms with Gasteiger partial charge in [-0.05, 0) is 12.1 Å². The summed E-state index contributed by atoms with van der Waals surface area (Å²) in [5, 5.41) is 17.6. The molecular formula is C12H18N2O. The summed E-state index contributed by atoms with van der Waals surface area (Å²) in [6.07, 6.45) is 1.60. The maximum Gasteiger partial charge on any atom is 0.143 e. The number of aromatic hydroxyl groups is 1. The molecule has 0 amide bonds. The molecular weight excluding hydrogens is 188 g/mol. The summed E-state index contributed by atoms with van der Waals surface area (Å²) in [5.41, 5.74) is 0.551. The van der Waals surface area contributed by atoms with E-state index in [-0.39, 0.29) is 5.75 Å². The lowest BCUT2D eigenvalue weighted by molar-refractivity contribution is 0.480. The summed E-state index contributed by atoms with van der Waals surface area (Å²) in [5.74, 6) is 0.176. The van der Waals surface area contributed by atoms with Crippen molar-refractivity contribution in [2.45, 2.75) is 27.7 Å². The normalized spacial score (nSPS) is 8.27. The molecule has 1 aromatic heterocycles. The zero-order valence-corrected chi connectivity index (χ0v) is 9.73. The Bertz CT molecular complexity index is 383. The molecule has 0 bridgehead atoms. The number of phenols is 1. The molecule has 0 atom stereocenters. The van der Waals surface area contributed by atoms with Crippen molar-refractivity contribution in [1.29, 1.82) is 0 Å². The van der Waals surface area contributed by atoms with Crippen molar-refractivity contribution in [3.05, 3.63) is 30.5 Å². The predicted octanol–water partition coefficient (Wildman–Crippen LogP) is 3.39. The number of nitrogens with zero attached hydrogens (tertiary/aromatic N) is 2. The fourth-order valence-electron chi connectivity index (χ4n) is 0.997. The van der Waals surface area contributed by atoms with Gasteiger partial charge in [0, 0.05) is 5.39 Å². The second-order valence-electron chi connectivity index (χ2n) is 2.25. The number of phenolic OH excluding ortho intramolecular Hbond substituents is 1. The molecule has 2 rings (SSSR count). The van der Waals surface area contributed by atoms with Crippen LogP contribution in [0.2, 0.25) is 0 Å². The molecule has 15 heavy (non-hydrogen) atoms. The lowest BCUT2D eigenvalue weighted by Gasteiger charge is -1.95. The number of rotatable bonds is 0. The van der Waals surface area contributed by atoms with Crippen molar-refractivity contribution < 1.29 is 5.11 Å². The molecule has 3 heteroatoms. The highest BCUT2D eigenvalue weighted by Crippen LogP contribution is 2.19. The van der Waals surface area contributed by atoms with Crippen molar-refractivity contribution in [3.63, 3.8) is 0 Å². The van der Waals surface area contributed by atoms with Crippen LogP contribution in [0.5, 0.6) is 5.75 Å². The third kappa shape index (κ3) is 3.54. The highest BCUT2D eigenvalue weighted by atomic mass is 16.3. The minimum absolute atomic E-state index is 0.176. The first-order valence-electron chi connectivity index (χ1n) is 5.27. The smallest absolute Gasteiger partial charge is 0.143 e. The molecule has 0 aliphatic rings. The van der Waals surface area contributed by atoms with E-state index in [1.807, 2.05) is 39.8 Å². The molecule has 0 spiro atoms. The lowest BCUT2D eigenvalue weighted by Crippen LogP contribution is -1.81. The van der Waals surface area contributed by atoms with Gasteiger partial charge in [0.05, 0.1) is 6.20 Å². The van der Waals surface area contributed by atoms with Crippen molar-refractivity contribution in [2.24, 2.45) is 0 Å². The number of fused-ring (bicyclic) bond motifs is 1. The summed E-state index contributed by atoms with van der Waals surface area (Å²) >= 11 is 0. The average molecular weight is 206 g/mol. The first kappa shape index (κ1) is 13.4. The Morgan fingerprint density at radius 3 is 2.27 bits per heavy atom. The van der Waals surface area contributed by atoms with E-state index in [0.717, 1.165) is 5.39 Å². The summed E-state index contributed by atoms with van der Waals surface area (Å²) in [7, 11) is 0. The maximum atomic E-state index is 9.27. The Labute approximate surface area is 90.8 Å². The molecule has 3 nitrogen and oxygen atoms in total. The second-order valence-corrected chi connectivity index (χ2v) is 2.25. The quantitative estimate of drug-likeness (QED) is 0.718. The second kappa shape index (κ2) is 7.74. The van der Waals surface area contributed by atoms with Crippen molar-refractivity contribution >= 4 is 10.9 Å². The van der Waals surface area contributed by atoms with Crippen molar-refractivity contribution in [2.75, 3.05) is 0 Å². The van der Waals surface area contributed by atoms with Crippen LogP contribution in [0.15, 0.2) is 30.5 Å². The minimum Gasteiger partial charge on any atom is -0.506 e. The fraction of sp³-hybridized carbons (Fsp3) is 0.333. The molecule has 1 N–H and O–H groups in total. The molecule has 0 fully saturated rings. The Morgan fingerprint density at radius 1 is 1.00 bits per heavy atom. The van der Waals surface area contributed by atoms with E-state index >= 15 is 0 Å². The third-order valence-corrected chi connectivity index (χ3v) is 1.52. The largest absolute Gasteiger partial charge is 0.506 e. The number of benzene rings is 1. The van der Waals surface area contributed by atoms with Crippen LogP contribution in [0, 0.1) is 0 Å². The summed E-state index contributed by atoms with van der Waals surface area (Å²) in [6.45, 7) is 8.00. The van der Waals surface area contributed by atoms with Crippen LogP contribution < -0.4 is 0 Å². The zero-order valence-electron chi connectivity index (χ0n) is 9.73. The van der Waals surface area contributed by atoms with Crippen molar-refractivity contribution in [3.8, 4) is 5.75 Å². The highest BCUT2D eigenvalue weighted by molar-refractivity contribution is 5.83. The van der Waals surface area contributed by atoms with E-state index in [0.29, 0.717) is 5.52 Å². The van der Waals surface area contributed by atoms with Crippen LogP contribution in [0.25, 0.3) is 10.9 Å². The fourth-order valence-corrected chi connectivity index (χ4v) is 0.997. The molecule has 0 saturated heterocycles. The van der Waals surface area contributed by atoms with Crippen LogP contribution in [-0.4, -0.2) is 15.3 Å². The van der Waals surface area contributed by atoms with E-state index in [1.165, 1.54) is 0 Å². The van der Waals surface area contributed by atoms with Crippen LogP contribution in [-0.2, 0) is 0 Å². The molecule has 0 aliphatic heterocycles. The monoisotopic (exact) mass is 206 g/mol. The van der Waals surface area contributed by atoms with E-state index < -0.39 is 0 Å². The van der Waals surface area contributed by atoms with Gasteiger partial charge in [-0.15, -0.1) is 5.10 Å². The van der Waals surface area contributed by atoms with Crippen molar-refractivity contribution in [1.82, 2.24) is 10.2 Å². The Kier molecular flexibility index (Phi) is 6.89. The van der Waals surface area contributed by atoms with Crippen LogP contribution in [0.3, 0.4) is 0 Å². The summed E-state index contributed by atoms with van der Waals surface area (Å²) in [4.78, 5) is 0. The molecule has 2 aromatic rings. The van der Waals surface area contributed by atoms with E-state index in [2.05, 4.69) is 10.2 Å². The summed E-state index contributed by atoms with van der Waals surface area (Å²) < 4.78 is 0. The van der Waals surface area contributed by atoms with E-state index in [4.69, 9.17) is 0 Å². The third-order valence-electron chi connectivity index (χ3n) is 1.52. The van der Waals surface area contributed by atoms with Crippen LogP contribution in [0.4, 0.5) is 0 Å². The van der Waals surface area contributed by atoms with E-state index in [9.17, 15) is 5.11 Å². The maximum absolute atomic E-state index is 9.27. The first-order chi connectivity index (χ1) is 7.38. The van der Waals surface area contributed by atoms with Gasteiger partial charge in [0.25, 0.3) is 0 Å². The number of hydrogen-bond donors (Lipinski definition) is 1. The van der Waals surface area contributed by atoms with Gasteiger partial charge in [0.1, 0.15) is 11.3 Å². The SMILES string of the molecule is CC.CC.Oc1cccc2ccnnc12. The van der Waals surface area contributed by atoms with Gasteiger partial charge in [0.2, 0.25) is 0 Å². The predicted molar refractivity (Wildman–Crippen MR) is 63.9 cm³/mol. The topological polar surface area (TPSA) is 46.0 Å². The first-order valence-corrected chi connectivity index (χ1v) is 5.27. The van der Waals surface area contributed by atoms with Crippen LogP contribution >= 0.6 is 0 Å². The molecule has 1 aromatic carbocycles. The molecule has 1 heterocycles. The Morgan fingerprint density at radius 2 is 1.67 bits per heavy atom. The van der Waals surface area contributed by atoms with Gasteiger partial charge in [-0.3, -0.25) is 0 Å². The Balaban J connectivity index is 0.000000442. The van der Waals surface area contributed by atoms with Gasteiger partial charge < -0.3 is 5.11 Å². The molecule has 0 radical (unpaired) electrons. The molecule has 0 aliphatic carbocycles. The van der Waals surface area contributed by atoms with Gasteiger partial charge in [-0.1, -0.05) is 39.8 Å².